The first kappa shape index (κ1) is 18.7. The Balaban J connectivity index is 1.40. The van der Waals surface area contributed by atoms with Crippen LogP contribution >= 0.6 is 0 Å². The third-order valence-electron chi connectivity index (χ3n) is 6.82. The van der Waals surface area contributed by atoms with Gasteiger partial charge in [-0.3, -0.25) is 9.78 Å². The van der Waals surface area contributed by atoms with Crippen molar-refractivity contribution in [2.24, 2.45) is 0 Å². The lowest BCUT2D eigenvalue weighted by atomic mass is 9.82. The van der Waals surface area contributed by atoms with E-state index in [0.29, 0.717) is 29.7 Å². The van der Waals surface area contributed by atoms with Crippen molar-refractivity contribution in [3.8, 4) is 0 Å². The van der Waals surface area contributed by atoms with Crippen LogP contribution < -0.4 is 0 Å². The summed E-state index contributed by atoms with van der Waals surface area (Å²) in [5.41, 5.74) is 1.15. The summed E-state index contributed by atoms with van der Waals surface area (Å²) in [6, 6.07) is 3.60. The standard InChI is InChI=1S/C20H24N4O4S/c1-13-5-4-9-21-16(13)19(25)24-11-20(12-24)15(8-10-29(20,26)27)18-22-17(23-28-18)14-6-2-3-7-14/h4-5,9,14-15H,2-3,6-8,10-12H2,1H3. The lowest BCUT2D eigenvalue weighted by Crippen LogP contribution is -2.67. The molecular formula is C20H24N4O4S. The monoisotopic (exact) mass is 416 g/mol. The molecule has 2 aromatic heterocycles. The van der Waals surface area contributed by atoms with Crippen molar-refractivity contribution in [2.45, 2.75) is 55.6 Å². The highest BCUT2D eigenvalue weighted by atomic mass is 32.2. The minimum absolute atomic E-state index is 0.0868. The fraction of sp³-hybridized carbons (Fsp3) is 0.600. The summed E-state index contributed by atoms with van der Waals surface area (Å²) in [5.74, 6) is 0.926. The molecule has 9 heteroatoms. The van der Waals surface area contributed by atoms with Crippen LogP contribution in [-0.2, 0) is 9.84 Å². The highest BCUT2D eigenvalue weighted by Crippen LogP contribution is 2.50. The van der Waals surface area contributed by atoms with Gasteiger partial charge in [-0.05, 0) is 37.8 Å². The molecule has 1 amide bonds. The minimum Gasteiger partial charge on any atom is -0.339 e. The molecule has 8 nitrogen and oxygen atoms in total. The van der Waals surface area contributed by atoms with E-state index in [1.54, 1.807) is 17.2 Å². The molecule has 29 heavy (non-hydrogen) atoms. The number of amides is 1. The van der Waals surface area contributed by atoms with Gasteiger partial charge < -0.3 is 9.42 Å². The van der Waals surface area contributed by atoms with E-state index in [1.165, 1.54) is 12.8 Å². The van der Waals surface area contributed by atoms with Gasteiger partial charge in [0, 0.05) is 25.2 Å². The molecule has 1 saturated carbocycles. The first-order chi connectivity index (χ1) is 13.9. The largest absolute Gasteiger partial charge is 0.339 e. The van der Waals surface area contributed by atoms with Gasteiger partial charge in [-0.1, -0.05) is 24.1 Å². The van der Waals surface area contributed by atoms with Crippen LogP contribution in [0.15, 0.2) is 22.9 Å². The molecule has 2 aromatic rings. The van der Waals surface area contributed by atoms with Crippen molar-refractivity contribution in [3.63, 3.8) is 0 Å². The number of hydrogen-bond acceptors (Lipinski definition) is 7. The van der Waals surface area contributed by atoms with Crippen molar-refractivity contribution in [1.29, 1.82) is 0 Å². The molecule has 1 unspecified atom stereocenters. The summed E-state index contributed by atoms with van der Waals surface area (Å²) in [7, 11) is -3.36. The van der Waals surface area contributed by atoms with E-state index in [-0.39, 0.29) is 30.7 Å². The highest BCUT2D eigenvalue weighted by molar-refractivity contribution is 7.93. The SMILES string of the molecule is Cc1cccnc1C(=O)N1CC2(C1)C(c1nc(C3CCCC3)no1)CCS2(=O)=O. The molecule has 5 rings (SSSR count). The fourth-order valence-electron chi connectivity index (χ4n) is 5.06. The predicted octanol–water partition coefficient (Wildman–Crippen LogP) is 2.23. The topological polar surface area (TPSA) is 106 Å². The summed E-state index contributed by atoms with van der Waals surface area (Å²) in [6.45, 7) is 2.12. The Hall–Kier alpha value is -2.29. The van der Waals surface area contributed by atoms with Crippen LogP contribution in [0.4, 0.5) is 0 Å². The molecule has 0 radical (unpaired) electrons. The smallest absolute Gasteiger partial charge is 0.272 e. The Morgan fingerprint density at radius 3 is 2.72 bits per heavy atom. The molecular weight excluding hydrogens is 392 g/mol. The van der Waals surface area contributed by atoms with Crippen LogP contribution in [0.3, 0.4) is 0 Å². The van der Waals surface area contributed by atoms with Crippen molar-refractivity contribution in [1.82, 2.24) is 20.0 Å². The molecule has 1 aliphatic carbocycles. The predicted molar refractivity (Wildman–Crippen MR) is 104 cm³/mol. The maximum atomic E-state index is 12.9. The molecule has 0 bridgehead atoms. The molecule has 0 N–H and O–H groups in total. The minimum atomic E-state index is -3.36. The number of sulfone groups is 1. The Kier molecular flexibility index (Phi) is 4.27. The van der Waals surface area contributed by atoms with Crippen LogP contribution in [0, 0.1) is 6.92 Å². The van der Waals surface area contributed by atoms with Gasteiger partial charge in [0.15, 0.2) is 15.7 Å². The number of carbonyl (C=O) groups is 1. The maximum Gasteiger partial charge on any atom is 0.272 e. The number of hydrogen-bond donors (Lipinski definition) is 0. The van der Waals surface area contributed by atoms with Crippen molar-refractivity contribution in [3.05, 3.63) is 41.3 Å². The molecule has 154 valence electrons. The van der Waals surface area contributed by atoms with Crippen molar-refractivity contribution in [2.75, 3.05) is 18.8 Å². The number of aryl methyl sites for hydroxylation is 1. The van der Waals surface area contributed by atoms with E-state index >= 15 is 0 Å². The van der Waals surface area contributed by atoms with E-state index in [4.69, 9.17) is 4.52 Å². The molecule has 1 atom stereocenters. The van der Waals surface area contributed by atoms with Crippen molar-refractivity contribution >= 4 is 15.7 Å². The molecule has 1 spiro atoms. The first-order valence-electron chi connectivity index (χ1n) is 10.2. The quantitative estimate of drug-likeness (QED) is 0.755. The highest BCUT2D eigenvalue weighted by Gasteiger charge is 2.64. The lowest BCUT2D eigenvalue weighted by Gasteiger charge is -2.48. The van der Waals surface area contributed by atoms with Crippen LogP contribution in [0.2, 0.25) is 0 Å². The number of carbonyl (C=O) groups excluding carboxylic acids is 1. The van der Waals surface area contributed by atoms with E-state index < -0.39 is 14.6 Å². The number of likely N-dealkylation sites (tertiary alicyclic amines) is 1. The number of nitrogens with zero attached hydrogens (tertiary/aromatic N) is 4. The van der Waals surface area contributed by atoms with E-state index in [1.807, 2.05) is 13.0 Å². The van der Waals surface area contributed by atoms with E-state index in [0.717, 1.165) is 18.4 Å². The van der Waals surface area contributed by atoms with Gasteiger partial charge in [0.1, 0.15) is 10.4 Å². The Labute approximate surface area is 169 Å². The number of rotatable bonds is 3. The number of pyridine rings is 1. The van der Waals surface area contributed by atoms with Crippen LogP contribution in [-0.4, -0.2) is 57.9 Å². The molecule has 2 saturated heterocycles. The van der Waals surface area contributed by atoms with Crippen LogP contribution in [0.25, 0.3) is 0 Å². The summed E-state index contributed by atoms with van der Waals surface area (Å²) in [5, 5.41) is 4.16. The van der Waals surface area contributed by atoms with Gasteiger partial charge >= 0.3 is 0 Å². The van der Waals surface area contributed by atoms with Gasteiger partial charge in [0.05, 0.1) is 11.7 Å². The van der Waals surface area contributed by atoms with Gasteiger partial charge in [-0.15, -0.1) is 0 Å². The van der Waals surface area contributed by atoms with Gasteiger partial charge in [0.25, 0.3) is 5.91 Å². The Bertz CT molecular complexity index is 1050. The molecule has 0 aromatic carbocycles. The second-order valence-electron chi connectivity index (χ2n) is 8.53. The van der Waals surface area contributed by atoms with E-state index in [9.17, 15) is 13.2 Å². The Morgan fingerprint density at radius 2 is 2.00 bits per heavy atom. The zero-order valence-electron chi connectivity index (χ0n) is 16.4. The molecule has 2 aliphatic heterocycles. The Morgan fingerprint density at radius 1 is 1.24 bits per heavy atom. The maximum absolute atomic E-state index is 12.9. The summed E-state index contributed by atoms with van der Waals surface area (Å²) in [4.78, 5) is 23.2. The third kappa shape index (κ3) is 2.81. The summed E-state index contributed by atoms with van der Waals surface area (Å²) in [6.07, 6.45) is 6.48. The zero-order chi connectivity index (χ0) is 20.2. The number of aromatic nitrogens is 3. The first-order valence-corrected chi connectivity index (χ1v) is 11.8. The van der Waals surface area contributed by atoms with E-state index in [2.05, 4.69) is 15.1 Å². The zero-order valence-corrected chi connectivity index (χ0v) is 17.2. The third-order valence-corrected chi connectivity index (χ3v) is 9.38. The van der Waals surface area contributed by atoms with Gasteiger partial charge in [-0.2, -0.15) is 4.98 Å². The second kappa shape index (κ2) is 6.62. The lowest BCUT2D eigenvalue weighted by molar-refractivity contribution is 0.0497. The molecule has 4 heterocycles. The van der Waals surface area contributed by atoms with Gasteiger partial charge in [0.2, 0.25) is 5.89 Å². The summed E-state index contributed by atoms with van der Waals surface area (Å²) >= 11 is 0. The second-order valence-corrected chi connectivity index (χ2v) is 11.0. The van der Waals surface area contributed by atoms with Crippen LogP contribution in [0.1, 0.15) is 71.7 Å². The summed E-state index contributed by atoms with van der Waals surface area (Å²) < 4.78 is 30.4. The average Bonchev–Trinajstić information content (AvgIpc) is 3.38. The van der Waals surface area contributed by atoms with Crippen LogP contribution in [0.5, 0.6) is 0 Å². The molecule has 3 fully saturated rings. The van der Waals surface area contributed by atoms with Crippen molar-refractivity contribution < 1.29 is 17.7 Å². The average molecular weight is 417 g/mol. The normalized spacial score (nSPS) is 25.4. The van der Waals surface area contributed by atoms with Gasteiger partial charge in [-0.25, -0.2) is 8.42 Å². The fourth-order valence-corrected chi connectivity index (χ4v) is 7.37. The molecule has 3 aliphatic rings.